The third-order valence-electron chi connectivity index (χ3n) is 3.51. The Bertz CT molecular complexity index is 864. The fourth-order valence-electron chi connectivity index (χ4n) is 2.30. The summed E-state index contributed by atoms with van der Waals surface area (Å²) in [6.45, 7) is -0.321. The molecule has 6 nitrogen and oxygen atoms in total. The SMILES string of the molecule is CCn1c(SCC(=O)c2ccc(OC(F)F)cc2)nnc1-c1ccco1. The molecule has 0 spiro atoms. The molecule has 0 atom stereocenters. The van der Waals surface area contributed by atoms with Crippen molar-refractivity contribution in [2.45, 2.75) is 25.2 Å². The molecule has 0 amide bonds. The number of halogens is 2. The van der Waals surface area contributed by atoms with Crippen LogP contribution in [0.5, 0.6) is 5.75 Å². The number of ether oxygens (including phenoxy) is 1. The molecule has 0 fully saturated rings. The van der Waals surface area contributed by atoms with Crippen molar-refractivity contribution < 1.29 is 22.7 Å². The number of hydrogen-bond acceptors (Lipinski definition) is 6. The van der Waals surface area contributed by atoms with Gasteiger partial charge in [-0.25, -0.2) is 0 Å². The maximum atomic E-state index is 12.3. The van der Waals surface area contributed by atoms with Gasteiger partial charge in [0, 0.05) is 12.1 Å². The van der Waals surface area contributed by atoms with E-state index in [2.05, 4.69) is 14.9 Å². The first-order chi connectivity index (χ1) is 12.6. The lowest BCUT2D eigenvalue weighted by Gasteiger charge is -2.06. The van der Waals surface area contributed by atoms with E-state index < -0.39 is 6.61 Å². The van der Waals surface area contributed by atoms with Gasteiger partial charge < -0.3 is 9.15 Å². The van der Waals surface area contributed by atoms with Crippen LogP contribution in [-0.2, 0) is 6.54 Å². The van der Waals surface area contributed by atoms with E-state index in [0.717, 1.165) is 0 Å². The van der Waals surface area contributed by atoms with Crippen LogP contribution in [0.4, 0.5) is 8.78 Å². The van der Waals surface area contributed by atoms with Gasteiger partial charge in [-0.15, -0.1) is 10.2 Å². The summed E-state index contributed by atoms with van der Waals surface area (Å²) in [7, 11) is 0. The summed E-state index contributed by atoms with van der Waals surface area (Å²) in [5.74, 6) is 1.21. The molecule has 0 N–H and O–H groups in total. The second kappa shape index (κ2) is 8.13. The Morgan fingerprint density at radius 2 is 2.04 bits per heavy atom. The molecule has 9 heteroatoms. The van der Waals surface area contributed by atoms with Crippen molar-refractivity contribution in [1.29, 1.82) is 0 Å². The van der Waals surface area contributed by atoms with Crippen LogP contribution < -0.4 is 4.74 Å². The normalized spacial score (nSPS) is 11.1. The Kier molecular flexibility index (Phi) is 5.67. The van der Waals surface area contributed by atoms with Crippen molar-refractivity contribution >= 4 is 17.5 Å². The first-order valence-corrected chi connectivity index (χ1v) is 8.75. The fraction of sp³-hybridized carbons (Fsp3) is 0.235. The average Bonchev–Trinajstić information content (AvgIpc) is 3.28. The Hall–Kier alpha value is -2.68. The molecule has 1 aromatic carbocycles. The average molecular weight is 379 g/mol. The van der Waals surface area contributed by atoms with Gasteiger partial charge in [-0.05, 0) is 43.3 Å². The zero-order chi connectivity index (χ0) is 18.5. The van der Waals surface area contributed by atoms with Gasteiger partial charge in [-0.1, -0.05) is 11.8 Å². The molecule has 2 heterocycles. The number of nitrogens with zero attached hydrogens (tertiary/aromatic N) is 3. The highest BCUT2D eigenvalue weighted by atomic mass is 32.2. The first-order valence-electron chi connectivity index (χ1n) is 7.76. The van der Waals surface area contributed by atoms with Gasteiger partial charge in [0.15, 0.2) is 22.5 Å². The van der Waals surface area contributed by atoms with Crippen molar-refractivity contribution in [1.82, 2.24) is 14.8 Å². The molecule has 0 radical (unpaired) electrons. The zero-order valence-corrected chi connectivity index (χ0v) is 14.6. The number of hydrogen-bond donors (Lipinski definition) is 0. The third-order valence-corrected chi connectivity index (χ3v) is 4.48. The van der Waals surface area contributed by atoms with Gasteiger partial charge in [0.2, 0.25) is 0 Å². The van der Waals surface area contributed by atoms with Gasteiger partial charge in [0.1, 0.15) is 5.75 Å². The minimum Gasteiger partial charge on any atom is -0.461 e. The quantitative estimate of drug-likeness (QED) is 0.433. The highest BCUT2D eigenvalue weighted by Gasteiger charge is 2.17. The van der Waals surface area contributed by atoms with Crippen LogP contribution in [0, 0.1) is 0 Å². The second-order valence-electron chi connectivity index (χ2n) is 5.14. The van der Waals surface area contributed by atoms with E-state index in [1.165, 1.54) is 36.0 Å². The molecular formula is C17H15F2N3O3S. The van der Waals surface area contributed by atoms with Crippen molar-refractivity contribution in [3.05, 3.63) is 48.2 Å². The largest absolute Gasteiger partial charge is 0.461 e. The number of benzene rings is 1. The Balaban J connectivity index is 1.66. The lowest BCUT2D eigenvalue weighted by atomic mass is 10.1. The lowest BCUT2D eigenvalue weighted by Crippen LogP contribution is -2.06. The summed E-state index contributed by atoms with van der Waals surface area (Å²) in [5, 5.41) is 8.84. The first kappa shape index (κ1) is 18.1. The molecule has 0 aliphatic carbocycles. The van der Waals surface area contributed by atoms with Gasteiger partial charge >= 0.3 is 6.61 Å². The molecule has 136 valence electrons. The molecule has 0 bridgehead atoms. The smallest absolute Gasteiger partial charge is 0.387 e. The maximum Gasteiger partial charge on any atom is 0.387 e. The second-order valence-corrected chi connectivity index (χ2v) is 6.08. The predicted molar refractivity (Wildman–Crippen MR) is 91.5 cm³/mol. The Morgan fingerprint density at radius 3 is 2.65 bits per heavy atom. The topological polar surface area (TPSA) is 70.2 Å². The number of carbonyl (C=O) groups excluding carboxylic acids is 1. The summed E-state index contributed by atoms with van der Waals surface area (Å²) in [4.78, 5) is 12.3. The van der Waals surface area contributed by atoms with Crippen LogP contribution in [-0.4, -0.2) is 32.9 Å². The molecule has 0 aliphatic heterocycles. The van der Waals surface area contributed by atoms with E-state index in [9.17, 15) is 13.6 Å². The number of alkyl halides is 2. The van der Waals surface area contributed by atoms with Crippen LogP contribution in [0.15, 0.2) is 52.2 Å². The van der Waals surface area contributed by atoms with Gasteiger partial charge in [0.05, 0.1) is 12.0 Å². The number of furan rings is 1. The minimum absolute atomic E-state index is 0.0121. The maximum absolute atomic E-state index is 12.3. The Morgan fingerprint density at radius 1 is 1.27 bits per heavy atom. The van der Waals surface area contributed by atoms with Crippen LogP contribution in [0.3, 0.4) is 0 Å². The molecule has 26 heavy (non-hydrogen) atoms. The number of rotatable bonds is 8. The van der Waals surface area contributed by atoms with Gasteiger partial charge in [-0.2, -0.15) is 8.78 Å². The van der Waals surface area contributed by atoms with E-state index in [1.807, 2.05) is 11.5 Å². The van der Waals surface area contributed by atoms with Crippen LogP contribution in [0.2, 0.25) is 0 Å². The number of ketones is 1. The monoisotopic (exact) mass is 379 g/mol. The van der Waals surface area contributed by atoms with Crippen molar-refractivity contribution in [2.75, 3.05) is 5.75 Å². The standard InChI is InChI=1S/C17H15F2N3O3S/c1-2-22-15(14-4-3-9-24-14)20-21-17(22)26-10-13(23)11-5-7-12(8-6-11)25-16(18)19/h3-9,16H,2,10H2,1H3. The minimum atomic E-state index is -2.89. The molecule has 3 rings (SSSR count). The molecule has 0 unspecified atom stereocenters. The number of Topliss-reactive ketones (excluding diaryl/α,β-unsaturated/α-hetero) is 1. The van der Waals surface area contributed by atoms with E-state index in [4.69, 9.17) is 4.42 Å². The van der Waals surface area contributed by atoms with Crippen molar-refractivity contribution in [3.8, 4) is 17.3 Å². The number of aromatic nitrogens is 3. The molecule has 2 aromatic heterocycles. The van der Waals surface area contributed by atoms with Crippen molar-refractivity contribution in [3.63, 3.8) is 0 Å². The summed E-state index contributed by atoms with van der Waals surface area (Å²) in [5.41, 5.74) is 0.410. The summed E-state index contributed by atoms with van der Waals surface area (Å²) in [6, 6.07) is 9.15. The molecule has 3 aromatic rings. The van der Waals surface area contributed by atoms with Crippen molar-refractivity contribution in [2.24, 2.45) is 0 Å². The van der Waals surface area contributed by atoms with Gasteiger partial charge in [-0.3, -0.25) is 9.36 Å². The highest BCUT2D eigenvalue weighted by Crippen LogP contribution is 2.25. The highest BCUT2D eigenvalue weighted by molar-refractivity contribution is 7.99. The summed E-state index contributed by atoms with van der Waals surface area (Å²) in [6.07, 6.45) is 1.56. The number of carbonyl (C=O) groups is 1. The van der Waals surface area contributed by atoms with E-state index >= 15 is 0 Å². The summed E-state index contributed by atoms with van der Waals surface area (Å²) < 4.78 is 35.8. The van der Waals surface area contributed by atoms with Gasteiger partial charge in [0.25, 0.3) is 0 Å². The van der Waals surface area contributed by atoms with E-state index in [-0.39, 0.29) is 17.3 Å². The third kappa shape index (κ3) is 4.10. The zero-order valence-electron chi connectivity index (χ0n) is 13.8. The van der Waals surface area contributed by atoms with Crippen LogP contribution in [0.25, 0.3) is 11.6 Å². The van der Waals surface area contributed by atoms with E-state index in [1.54, 1.807) is 18.4 Å². The predicted octanol–water partition coefficient (Wildman–Crippen LogP) is 4.13. The fourth-order valence-corrected chi connectivity index (χ4v) is 3.20. The number of thioether (sulfide) groups is 1. The van der Waals surface area contributed by atoms with Crippen LogP contribution >= 0.6 is 11.8 Å². The Labute approximate surface area is 152 Å². The molecule has 0 saturated carbocycles. The summed E-state index contributed by atoms with van der Waals surface area (Å²) >= 11 is 1.25. The molecular weight excluding hydrogens is 364 g/mol. The molecule has 0 aliphatic rings. The van der Waals surface area contributed by atoms with Crippen LogP contribution in [0.1, 0.15) is 17.3 Å². The van der Waals surface area contributed by atoms with E-state index in [0.29, 0.717) is 28.8 Å². The lowest BCUT2D eigenvalue weighted by molar-refractivity contribution is -0.0498. The molecule has 0 saturated heterocycles.